The number of amides is 1. The second kappa shape index (κ2) is 5.07. The Morgan fingerprint density at radius 3 is 2.79 bits per heavy atom. The van der Waals surface area contributed by atoms with Crippen LogP contribution in [0.15, 0.2) is 24.5 Å². The van der Waals surface area contributed by atoms with E-state index in [0.29, 0.717) is 0 Å². The number of rotatable bonds is 3. The number of nitrogens with one attached hydrogen (secondary N) is 2. The molecule has 0 radical (unpaired) electrons. The van der Waals surface area contributed by atoms with Gasteiger partial charge in [0.1, 0.15) is 5.82 Å². The molecule has 2 aromatic rings. The minimum atomic E-state index is -1.31. The van der Waals surface area contributed by atoms with E-state index in [0.717, 1.165) is 12.4 Å². The average molecular weight is 284 g/mol. The number of aromatic carboxylic acids is 1. The first-order valence-corrected chi connectivity index (χ1v) is 5.40. The van der Waals surface area contributed by atoms with Crippen LogP contribution in [0.2, 0.25) is 5.02 Å². The van der Waals surface area contributed by atoms with Gasteiger partial charge < -0.3 is 15.4 Å². The molecule has 0 aliphatic rings. The smallest absolute Gasteiger partial charge is 0.354 e. The van der Waals surface area contributed by atoms with Gasteiger partial charge in [0.05, 0.1) is 11.3 Å². The van der Waals surface area contributed by atoms with E-state index in [1.165, 1.54) is 12.1 Å². The third-order valence-corrected chi connectivity index (χ3v) is 2.55. The zero-order valence-corrected chi connectivity index (χ0v) is 10.0. The molecule has 1 heterocycles. The highest BCUT2D eigenvalue weighted by Crippen LogP contribution is 2.19. The summed E-state index contributed by atoms with van der Waals surface area (Å²) in [7, 11) is 0. The highest BCUT2D eigenvalue weighted by atomic mass is 35.5. The second-order valence-corrected chi connectivity index (χ2v) is 3.92. The van der Waals surface area contributed by atoms with Crippen molar-refractivity contribution in [1.29, 1.82) is 0 Å². The van der Waals surface area contributed by atoms with Gasteiger partial charge >= 0.3 is 5.97 Å². The number of carboxylic acids is 1. The monoisotopic (exact) mass is 283 g/mol. The van der Waals surface area contributed by atoms with Crippen molar-refractivity contribution in [2.75, 3.05) is 5.32 Å². The van der Waals surface area contributed by atoms with Gasteiger partial charge in [-0.15, -0.1) is 0 Å². The molecule has 0 atom stereocenters. The molecule has 1 aromatic heterocycles. The molecule has 1 aromatic carbocycles. The maximum atomic E-state index is 13.2. The second-order valence-electron chi connectivity index (χ2n) is 3.51. The van der Waals surface area contributed by atoms with Gasteiger partial charge in [-0.05, 0) is 18.2 Å². The Morgan fingerprint density at radius 2 is 2.16 bits per heavy atom. The molecule has 0 fully saturated rings. The normalized spacial score (nSPS) is 10.2. The van der Waals surface area contributed by atoms with E-state index in [-0.39, 0.29) is 22.1 Å². The van der Waals surface area contributed by atoms with Crippen molar-refractivity contribution in [2.24, 2.45) is 0 Å². The maximum Gasteiger partial charge on any atom is 0.354 e. The Bertz CT molecular complexity index is 656. The molecule has 0 aliphatic carbocycles. The summed E-state index contributed by atoms with van der Waals surface area (Å²) in [5.74, 6) is -2.77. The van der Waals surface area contributed by atoms with Gasteiger partial charge in [-0.1, -0.05) is 11.6 Å². The Labute approximate surface area is 111 Å². The van der Waals surface area contributed by atoms with Gasteiger partial charge in [0.15, 0.2) is 11.4 Å². The molecule has 6 nitrogen and oxygen atoms in total. The number of nitrogens with zero attached hydrogens (tertiary/aromatic N) is 1. The number of H-pyrrole nitrogens is 1. The van der Waals surface area contributed by atoms with Gasteiger partial charge in [-0.25, -0.2) is 14.2 Å². The summed E-state index contributed by atoms with van der Waals surface area (Å²) in [6.07, 6.45) is 1.08. The highest BCUT2D eigenvalue weighted by Gasteiger charge is 2.19. The van der Waals surface area contributed by atoms with Crippen LogP contribution in [0.1, 0.15) is 21.0 Å². The number of benzene rings is 1. The number of aromatic amines is 1. The minimum Gasteiger partial charge on any atom is -0.477 e. The molecule has 3 N–H and O–H groups in total. The third-order valence-electron chi connectivity index (χ3n) is 2.25. The topological polar surface area (TPSA) is 95.1 Å². The van der Waals surface area contributed by atoms with Gasteiger partial charge in [0.2, 0.25) is 0 Å². The number of carboxylic acid groups (broad SMARTS) is 1. The minimum absolute atomic E-state index is 0.0796. The van der Waals surface area contributed by atoms with Gasteiger partial charge in [-0.2, -0.15) is 0 Å². The lowest BCUT2D eigenvalue weighted by Gasteiger charge is -2.04. The van der Waals surface area contributed by atoms with Crippen molar-refractivity contribution < 1.29 is 19.1 Å². The summed E-state index contributed by atoms with van der Waals surface area (Å²) >= 11 is 5.50. The van der Waals surface area contributed by atoms with Crippen molar-refractivity contribution in [3.63, 3.8) is 0 Å². The van der Waals surface area contributed by atoms with Crippen molar-refractivity contribution in [3.8, 4) is 0 Å². The van der Waals surface area contributed by atoms with E-state index < -0.39 is 17.7 Å². The van der Waals surface area contributed by atoms with Gasteiger partial charge in [0.25, 0.3) is 5.91 Å². The van der Waals surface area contributed by atoms with Crippen LogP contribution in [-0.2, 0) is 0 Å². The summed E-state index contributed by atoms with van der Waals surface area (Å²) in [4.78, 5) is 28.5. The molecule has 0 saturated carbocycles. The number of hydrogen-bond acceptors (Lipinski definition) is 3. The lowest BCUT2D eigenvalue weighted by Crippen LogP contribution is -2.16. The summed E-state index contributed by atoms with van der Waals surface area (Å²) < 4.78 is 13.2. The quantitative estimate of drug-likeness (QED) is 0.804. The van der Waals surface area contributed by atoms with Crippen LogP contribution >= 0.6 is 11.6 Å². The summed E-state index contributed by atoms with van der Waals surface area (Å²) in [6.45, 7) is 0. The lowest BCUT2D eigenvalue weighted by atomic mass is 10.2. The summed E-state index contributed by atoms with van der Waals surface area (Å²) in [5.41, 5.74) is -0.485. The molecule has 0 aliphatic heterocycles. The zero-order chi connectivity index (χ0) is 14.0. The lowest BCUT2D eigenvalue weighted by molar-refractivity contribution is 0.0686. The van der Waals surface area contributed by atoms with Crippen molar-refractivity contribution in [3.05, 3.63) is 46.8 Å². The van der Waals surface area contributed by atoms with Crippen molar-refractivity contribution in [1.82, 2.24) is 9.97 Å². The van der Waals surface area contributed by atoms with Crippen LogP contribution in [0.3, 0.4) is 0 Å². The Morgan fingerprint density at radius 1 is 1.42 bits per heavy atom. The predicted molar refractivity (Wildman–Crippen MR) is 64.9 cm³/mol. The van der Waals surface area contributed by atoms with Crippen LogP contribution < -0.4 is 5.32 Å². The van der Waals surface area contributed by atoms with E-state index in [1.807, 2.05) is 0 Å². The molecule has 19 heavy (non-hydrogen) atoms. The number of aromatic nitrogens is 2. The Balaban J connectivity index is 2.23. The Kier molecular flexibility index (Phi) is 3.48. The first kappa shape index (κ1) is 13.0. The van der Waals surface area contributed by atoms with E-state index in [9.17, 15) is 14.0 Å². The molecular formula is C11H7ClFN3O3. The molecular weight excluding hydrogens is 277 g/mol. The van der Waals surface area contributed by atoms with Crippen LogP contribution in [0.5, 0.6) is 0 Å². The molecule has 0 unspecified atom stereocenters. The Hall–Kier alpha value is -2.41. The third kappa shape index (κ3) is 2.71. The predicted octanol–water partition coefficient (Wildman–Crippen LogP) is 2.15. The first-order valence-electron chi connectivity index (χ1n) is 5.02. The highest BCUT2D eigenvalue weighted by molar-refractivity contribution is 6.30. The van der Waals surface area contributed by atoms with Crippen LogP contribution in [-0.4, -0.2) is 27.0 Å². The van der Waals surface area contributed by atoms with Crippen molar-refractivity contribution in [2.45, 2.75) is 0 Å². The van der Waals surface area contributed by atoms with E-state index in [4.69, 9.17) is 16.7 Å². The number of anilines is 1. The summed E-state index contributed by atoms with van der Waals surface area (Å²) in [5, 5.41) is 11.1. The number of carbonyl (C=O) groups excluding carboxylic acids is 1. The van der Waals surface area contributed by atoms with Crippen LogP contribution in [0.25, 0.3) is 0 Å². The largest absolute Gasteiger partial charge is 0.477 e. The molecule has 0 bridgehead atoms. The standard InChI is InChI=1S/C11H7ClFN3O3/c12-6-2-1-5(3-7(6)13)16-10(17)8-9(11(18)19)15-4-14-8/h1-4H,(H,14,15)(H,16,17)(H,18,19). The maximum absolute atomic E-state index is 13.2. The average Bonchev–Trinajstić information content (AvgIpc) is 2.83. The number of carbonyl (C=O) groups is 2. The number of halogens is 2. The van der Waals surface area contributed by atoms with E-state index in [2.05, 4.69) is 15.3 Å². The van der Waals surface area contributed by atoms with Crippen LogP contribution in [0.4, 0.5) is 10.1 Å². The summed E-state index contributed by atoms with van der Waals surface area (Å²) in [6, 6.07) is 3.68. The van der Waals surface area contributed by atoms with Gasteiger partial charge in [0, 0.05) is 5.69 Å². The number of hydrogen-bond donors (Lipinski definition) is 3. The van der Waals surface area contributed by atoms with E-state index >= 15 is 0 Å². The van der Waals surface area contributed by atoms with Crippen LogP contribution in [0, 0.1) is 5.82 Å². The fourth-order valence-corrected chi connectivity index (χ4v) is 1.51. The van der Waals surface area contributed by atoms with E-state index in [1.54, 1.807) is 0 Å². The van der Waals surface area contributed by atoms with Gasteiger partial charge in [-0.3, -0.25) is 4.79 Å². The van der Waals surface area contributed by atoms with Crippen molar-refractivity contribution >= 4 is 29.2 Å². The molecule has 1 amide bonds. The fraction of sp³-hybridized carbons (Fsp3) is 0. The molecule has 2 rings (SSSR count). The molecule has 98 valence electrons. The fourth-order valence-electron chi connectivity index (χ4n) is 1.39. The SMILES string of the molecule is O=C(Nc1ccc(Cl)c(F)c1)c1nc[nH]c1C(=O)O. The first-order chi connectivity index (χ1) is 8.99. The number of imidazole rings is 1. The molecule has 0 saturated heterocycles. The molecule has 8 heteroatoms. The zero-order valence-electron chi connectivity index (χ0n) is 9.28. The molecule has 0 spiro atoms.